The molecule has 1 aromatic carbocycles. The Bertz CT molecular complexity index is 714. The molecular formula is C18H20N2O4. The minimum atomic E-state index is -1.27. The molecule has 126 valence electrons. The summed E-state index contributed by atoms with van der Waals surface area (Å²) in [6.07, 6.45) is 0.993. The number of carbonyl (C=O) groups excluding carboxylic acids is 1. The van der Waals surface area contributed by atoms with Crippen molar-refractivity contribution in [2.45, 2.75) is 18.9 Å². The fourth-order valence-electron chi connectivity index (χ4n) is 3.29. The molecule has 0 bridgehead atoms. The number of nitrogens with one attached hydrogen (secondary N) is 1. The molecule has 1 aromatic heterocycles. The van der Waals surface area contributed by atoms with Crippen LogP contribution in [0, 0.1) is 5.41 Å². The number of amides is 1. The summed E-state index contributed by atoms with van der Waals surface area (Å²) in [5.74, 6) is -1.25. The summed E-state index contributed by atoms with van der Waals surface area (Å²) < 4.78 is 0. The van der Waals surface area contributed by atoms with Crippen molar-refractivity contribution >= 4 is 11.9 Å². The van der Waals surface area contributed by atoms with Crippen LogP contribution >= 0.6 is 0 Å². The molecule has 6 heteroatoms. The van der Waals surface area contributed by atoms with E-state index in [-0.39, 0.29) is 25.3 Å². The number of carboxylic acid groups (broad SMARTS) is 1. The lowest BCUT2D eigenvalue weighted by Gasteiger charge is -2.42. The summed E-state index contributed by atoms with van der Waals surface area (Å²) in [5, 5.41) is 20.3. The molecule has 3 rings (SSSR count). The molecule has 1 aliphatic heterocycles. The summed E-state index contributed by atoms with van der Waals surface area (Å²) >= 11 is 0. The first kappa shape index (κ1) is 16.3. The van der Waals surface area contributed by atoms with Crippen LogP contribution in [0.5, 0.6) is 0 Å². The molecule has 0 radical (unpaired) electrons. The third-order valence-electron chi connectivity index (χ3n) is 4.76. The second-order valence-electron chi connectivity index (χ2n) is 6.22. The predicted octanol–water partition coefficient (Wildman–Crippen LogP) is 1.54. The standard InChI is InChI=1S/C18H20N2O4/c21-15-12-20(16(22)14-7-4-9-19-14)10-8-18(15,17(23)24)11-13-5-2-1-3-6-13/h1-7,9,15,19,21H,8,10-12H2,(H,23,24)/t15-,18-/m1/s1. The number of aromatic nitrogens is 1. The van der Waals surface area contributed by atoms with E-state index in [1.165, 1.54) is 4.90 Å². The number of aliphatic hydroxyl groups excluding tert-OH is 1. The zero-order valence-electron chi connectivity index (χ0n) is 13.2. The Morgan fingerprint density at radius 1 is 1.21 bits per heavy atom. The highest BCUT2D eigenvalue weighted by atomic mass is 16.4. The Morgan fingerprint density at radius 2 is 1.96 bits per heavy atom. The Morgan fingerprint density at radius 3 is 2.54 bits per heavy atom. The molecule has 2 heterocycles. The Balaban J connectivity index is 1.79. The molecule has 1 amide bonds. The third kappa shape index (κ3) is 2.92. The van der Waals surface area contributed by atoms with E-state index in [0.717, 1.165) is 5.56 Å². The first-order chi connectivity index (χ1) is 11.5. The molecule has 2 atom stereocenters. The summed E-state index contributed by atoms with van der Waals surface area (Å²) in [7, 11) is 0. The number of hydrogen-bond donors (Lipinski definition) is 3. The summed E-state index contributed by atoms with van der Waals surface area (Å²) in [6, 6.07) is 12.7. The summed E-state index contributed by atoms with van der Waals surface area (Å²) in [5.41, 5.74) is 0.0320. The van der Waals surface area contributed by atoms with E-state index in [4.69, 9.17) is 0 Å². The van der Waals surface area contributed by atoms with Gasteiger partial charge in [-0.05, 0) is 30.5 Å². The molecule has 1 saturated heterocycles. The van der Waals surface area contributed by atoms with Crippen molar-refractivity contribution in [2.24, 2.45) is 5.41 Å². The number of β-amino-alcohol motifs (C(OH)–C–C–N with tert-alkyl or cyclic N) is 1. The second-order valence-corrected chi connectivity index (χ2v) is 6.22. The number of aliphatic hydroxyl groups is 1. The van der Waals surface area contributed by atoms with Gasteiger partial charge >= 0.3 is 5.97 Å². The Labute approximate surface area is 139 Å². The van der Waals surface area contributed by atoms with Crippen molar-refractivity contribution < 1.29 is 19.8 Å². The van der Waals surface area contributed by atoms with Gasteiger partial charge in [0.15, 0.2) is 0 Å². The monoisotopic (exact) mass is 328 g/mol. The van der Waals surface area contributed by atoms with Crippen molar-refractivity contribution in [2.75, 3.05) is 13.1 Å². The maximum atomic E-state index is 12.4. The second kappa shape index (κ2) is 6.49. The zero-order chi connectivity index (χ0) is 17.2. The van der Waals surface area contributed by atoms with Crippen LogP contribution in [0.25, 0.3) is 0 Å². The van der Waals surface area contributed by atoms with Crippen LogP contribution in [0.1, 0.15) is 22.5 Å². The van der Waals surface area contributed by atoms with Crippen molar-refractivity contribution in [1.82, 2.24) is 9.88 Å². The van der Waals surface area contributed by atoms with Crippen LogP contribution in [0.15, 0.2) is 48.7 Å². The summed E-state index contributed by atoms with van der Waals surface area (Å²) in [6.45, 7) is 0.311. The van der Waals surface area contributed by atoms with Gasteiger partial charge < -0.3 is 20.1 Å². The number of likely N-dealkylation sites (tertiary alicyclic amines) is 1. The number of benzene rings is 1. The average Bonchev–Trinajstić information content (AvgIpc) is 3.11. The van der Waals surface area contributed by atoms with Crippen molar-refractivity contribution in [1.29, 1.82) is 0 Å². The quantitative estimate of drug-likeness (QED) is 0.793. The van der Waals surface area contributed by atoms with E-state index in [1.807, 2.05) is 30.3 Å². The first-order valence-electron chi connectivity index (χ1n) is 7.91. The lowest BCUT2D eigenvalue weighted by Crippen LogP contribution is -2.57. The number of aliphatic carboxylic acids is 1. The van der Waals surface area contributed by atoms with Gasteiger partial charge in [0.1, 0.15) is 11.1 Å². The highest BCUT2D eigenvalue weighted by Gasteiger charge is 2.49. The highest BCUT2D eigenvalue weighted by molar-refractivity contribution is 5.92. The molecule has 0 saturated carbocycles. The van der Waals surface area contributed by atoms with Gasteiger partial charge in [0, 0.05) is 19.3 Å². The van der Waals surface area contributed by atoms with Crippen LogP contribution in [0.3, 0.4) is 0 Å². The largest absolute Gasteiger partial charge is 0.481 e. The van der Waals surface area contributed by atoms with Gasteiger partial charge in [-0.1, -0.05) is 30.3 Å². The lowest BCUT2D eigenvalue weighted by atomic mass is 9.71. The number of nitrogens with zero attached hydrogens (tertiary/aromatic N) is 1. The Hall–Kier alpha value is -2.60. The molecule has 1 fully saturated rings. The smallest absolute Gasteiger partial charge is 0.312 e. The van der Waals surface area contributed by atoms with E-state index >= 15 is 0 Å². The average molecular weight is 328 g/mol. The molecule has 6 nitrogen and oxygen atoms in total. The van der Waals surface area contributed by atoms with Crippen LogP contribution in [-0.4, -0.2) is 51.2 Å². The molecule has 24 heavy (non-hydrogen) atoms. The number of carboxylic acids is 1. The lowest BCUT2D eigenvalue weighted by molar-refractivity contribution is -0.161. The normalized spacial score (nSPS) is 23.9. The fourth-order valence-corrected chi connectivity index (χ4v) is 3.29. The van der Waals surface area contributed by atoms with Gasteiger partial charge in [0.2, 0.25) is 0 Å². The number of rotatable bonds is 4. The number of H-pyrrole nitrogens is 1. The van der Waals surface area contributed by atoms with Crippen LogP contribution in [-0.2, 0) is 11.2 Å². The number of aromatic amines is 1. The maximum absolute atomic E-state index is 12.4. The van der Waals surface area contributed by atoms with Crippen LogP contribution < -0.4 is 0 Å². The number of carbonyl (C=O) groups is 2. The van der Waals surface area contributed by atoms with Crippen LogP contribution in [0.4, 0.5) is 0 Å². The van der Waals surface area contributed by atoms with Gasteiger partial charge in [0.05, 0.1) is 6.10 Å². The van der Waals surface area contributed by atoms with Crippen molar-refractivity contribution in [3.63, 3.8) is 0 Å². The number of hydrogen-bond acceptors (Lipinski definition) is 3. The summed E-state index contributed by atoms with van der Waals surface area (Å²) in [4.78, 5) is 28.7. The molecule has 0 unspecified atom stereocenters. The molecule has 1 aliphatic rings. The Kier molecular flexibility index (Phi) is 4.40. The fraction of sp³-hybridized carbons (Fsp3) is 0.333. The van der Waals surface area contributed by atoms with E-state index in [1.54, 1.807) is 18.3 Å². The van der Waals surface area contributed by atoms with Gasteiger partial charge in [-0.15, -0.1) is 0 Å². The third-order valence-corrected chi connectivity index (χ3v) is 4.76. The maximum Gasteiger partial charge on any atom is 0.312 e. The van der Waals surface area contributed by atoms with Gasteiger partial charge in [0.25, 0.3) is 5.91 Å². The van der Waals surface area contributed by atoms with E-state index in [9.17, 15) is 19.8 Å². The van der Waals surface area contributed by atoms with E-state index < -0.39 is 17.5 Å². The minimum absolute atomic E-state index is 0.0109. The topological polar surface area (TPSA) is 93.6 Å². The van der Waals surface area contributed by atoms with Gasteiger partial charge in [-0.2, -0.15) is 0 Å². The van der Waals surface area contributed by atoms with Crippen molar-refractivity contribution in [3.8, 4) is 0 Å². The SMILES string of the molecule is O=C(c1ccc[nH]1)N1CC[C@](Cc2ccccc2)(C(=O)O)[C@H](O)C1. The minimum Gasteiger partial charge on any atom is -0.481 e. The van der Waals surface area contributed by atoms with E-state index in [2.05, 4.69) is 4.98 Å². The molecule has 2 aromatic rings. The number of piperidine rings is 1. The predicted molar refractivity (Wildman–Crippen MR) is 87.5 cm³/mol. The zero-order valence-corrected chi connectivity index (χ0v) is 13.2. The first-order valence-corrected chi connectivity index (χ1v) is 7.91. The van der Waals surface area contributed by atoms with Gasteiger partial charge in [-0.3, -0.25) is 9.59 Å². The van der Waals surface area contributed by atoms with Gasteiger partial charge in [-0.25, -0.2) is 0 Å². The molecular weight excluding hydrogens is 308 g/mol. The molecule has 3 N–H and O–H groups in total. The van der Waals surface area contributed by atoms with Crippen molar-refractivity contribution in [3.05, 3.63) is 59.9 Å². The van der Waals surface area contributed by atoms with Crippen LogP contribution in [0.2, 0.25) is 0 Å². The molecule has 0 spiro atoms. The molecule has 0 aliphatic carbocycles. The van der Waals surface area contributed by atoms with E-state index in [0.29, 0.717) is 12.2 Å². The highest BCUT2D eigenvalue weighted by Crippen LogP contribution is 2.36.